The molecule has 0 rings (SSSR count). The van der Waals surface area contributed by atoms with E-state index in [0.29, 0.717) is 17.4 Å². The normalized spacial score (nSPS) is 14.3. The number of rotatable bonds is 64. The highest BCUT2D eigenvalue weighted by molar-refractivity contribution is 7.45. The van der Waals surface area contributed by atoms with Crippen molar-refractivity contribution >= 4 is 13.7 Å². The van der Waals surface area contributed by atoms with E-state index < -0.39 is 26.6 Å². The van der Waals surface area contributed by atoms with Gasteiger partial charge in [-0.25, -0.2) is 0 Å². The van der Waals surface area contributed by atoms with E-state index in [0.717, 1.165) is 109 Å². The summed E-state index contributed by atoms with van der Waals surface area (Å²) in [6.45, 7) is 4.55. The van der Waals surface area contributed by atoms with Crippen LogP contribution in [0.15, 0.2) is 109 Å². The Morgan fingerprint density at radius 2 is 0.726 bits per heavy atom. The molecule has 0 aromatic rings. The average molecular weight is 1190 g/mol. The Hall–Kier alpha value is -2.84. The molecule has 2 N–H and O–H groups in total. The van der Waals surface area contributed by atoms with E-state index in [1.54, 1.807) is 6.08 Å². The molecule has 0 aliphatic carbocycles. The summed E-state index contributed by atoms with van der Waals surface area (Å²) in [7, 11) is 1.24. The molecule has 3 atom stereocenters. The second-order valence-corrected chi connectivity index (χ2v) is 26.3. The number of nitrogens with one attached hydrogen (secondary N) is 1. The molecule has 84 heavy (non-hydrogen) atoms. The lowest BCUT2D eigenvalue weighted by molar-refractivity contribution is -0.870. The van der Waals surface area contributed by atoms with Gasteiger partial charge < -0.3 is 28.8 Å². The van der Waals surface area contributed by atoms with Crippen LogP contribution in [0, 0.1) is 0 Å². The molecule has 486 valence electrons. The van der Waals surface area contributed by atoms with Crippen LogP contribution in [0.2, 0.25) is 0 Å². The number of phosphoric acid groups is 1. The van der Waals surface area contributed by atoms with Crippen molar-refractivity contribution in [1.82, 2.24) is 5.32 Å². The maximum atomic E-state index is 13.0. The molecular formula is C75H135N2O6P. The summed E-state index contributed by atoms with van der Waals surface area (Å²) in [4.78, 5) is 25.6. The van der Waals surface area contributed by atoms with Gasteiger partial charge in [-0.3, -0.25) is 9.36 Å². The van der Waals surface area contributed by atoms with Gasteiger partial charge in [-0.1, -0.05) is 329 Å². The Balaban J connectivity index is 4.15. The summed E-state index contributed by atoms with van der Waals surface area (Å²) in [5, 5.41) is 14.0. The lowest BCUT2D eigenvalue weighted by Crippen LogP contribution is -2.45. The van der Waals surface area contributed by atoms with Gasteiger partial charge in [0.05, 0.1) is 39.9 Å². The van der Waals surface area contributed by atoms with Crippen LogP contribution in [0.1, 0.15) is 309 Å². The number of likely N-dealkylation sites (N-methyl/N-ethyl adjacent to an activating group) is 1. The van der Waals surface area contributed by atoms with Crippen LogP contribution in [0.25, 0.3) is 0 Å². The van der Waals surface area contributed by atoms with Crippen LogP contribution in [-0.2, 0) is 18.4 Å². The predicted molar refractivity (Wildman–Crippen MR) is 366 cm³/mol. The number of allylic oxidation sites excluding steroid dienone is 17. The maximum Gasteiger partial charge on any atom is 0.268 e. The number of quaternary nitrogens is 1. The standard InChI is InChI=1S/C75H135N2O6P/c1-6-8-10-12-14-16-18-20-22-24-26-28-30-32-34-36-38-40-42-44-46-48-50-52-54-56-58-60-62-64-66-68-74(78)73(72-83-84(80,81)82-71-70-77(3,4)5)76-75(79)69-67-65-63-61-59-57-55-53-51-49-47-45-43-41-39-37-35-33-31-29-27-25-23-21-19-17-15-13-11-9-7-2/h9,11,15,17,21,23,27,29,33,35,39,41,45,47,51,53,66,68,73-74,78H,6-8,10,12-14,16,18-20,22,24-26,28,30-32,34,36-38,40,42-44,46,48-50,52,54-65,67,69-72H2,1-5H3,(H-,76,79,80,81)/b11-9-,17-15-,23-21-,29-27-,35-33-,41-39-,47-45-,53-51-,68-66+. The molecule has 1 amide bonds. The lowest BCUT2D eigenvalue weighted by atomic mass is 10.0. The molecule has 0 bridgehead atoms. The zero-order chi connectivity index (χ0) is 61.2. The van der Waals surface area contributed by atoms with Gasteiger partial charge in [0, 0.05) is 6.42 Å². The van der Waals surface area contributed by atoms with E-state index in [9.17, 15) is 19.4 Å². The summed E-state index contributed by atoms with van der Waals surface area (Å²) in [6.07, 6.45) is 94.9. The monoisotopic (exact) mass is 1190 g/mol. The number of phosphoric ester groups is 1. The Morgan fingerprint density at radius 3 is 1.06 bits per heavy atom. The Labute approximate surface area is 521 Å². The van der Waals surface area contributed by atoms with Gasteiger partial charge in [0.2, 0.25) is 5.91 Å². The number of unbranched alkanes of at least 4 members (excludes halogenated alkanes) is 35. The van der Waals surface area contributed by atoms with E-state index in [2.05, 4.69) is 116 Å². The minimum absolute atomic E-state index is 0.00934. The summed E-state index contributed by atoms with van der Waals surface area (Å²) < 4.78 is 23.5. The molecule has 8 nitrogen and oxygen atoms in total. The van der Waals surface area contributed by atoms with Crippen LogP contribution in [0.4, 0.5) is 0 Å². The quantitative estimate of drug-likeness (QED) is 0.0272. The van der Waals surface area contributed by atoms with Crippen LogP contribution < -0.4 is 10.2 Å². The number of hydrogen-bond donors (Lipinski definition) is 2. The van der Waals surface area contributed by atoms with E-state index in [4.69, 9.17) is 9.05 Å². The molecular weight excluding hydrogens is 1060 g/mol. The third-order valence-electron chi connectivity index (χ3n) is 15.5. The number of amides is 1. The first-order chi connectivity index (χ1) is 41.0. The molecule has 0 saturated heterocycles. The van der Waals surface area contributed by atoms with Crippen LogP contribution in [-0.4, -0.2) is 68.5 Å². The third kappa shape index (κ3) is 66.7. The first-order valence-corrected chi connectivity index (χ1v) is 36.7. The maximum absolute atomic E-state index is 13.0. The van der Waals surface area contributed by atoms with Crippen molar-refractivity contribution in [1.29, 1.82) is 0 Å². The van der Waals surface area contributed by atoms with Crippen molar-refractivity contribution in [2.24, 2.45) is 0 Å². The van der Waals surface area contributed by atoms with E-state index in [-0.39, 0.29) is 12.5 Å². The number of aliphatic hydroxyl groups is 1. The largest absolute Gasteiger partial charge is 0.756 e. The molecule has 3 unspecified atom stereocenters. The minimum atomic E-state index is -4.62. The molecule has 0 aromatic heterocycles. The predicted octanol–water partition coefficient (Wildman–Crippen LogP) is 22.0. The second kappa shape index (κ2) is 64.6. The second-order valence-electron chi connectivity index (χ2n) is 24.9. The first kappa shape index (κ1) is 81.2. The summed E-state index contributed by atoms with van der Waals surface area (Å²) in [5.74, 6) is -0.213. The average Bonchev–Trinajstić information content (AvgIpc) is 3.56. The van der Waals surface area contributed by atoms with Gasteiger partial charge >= 0.3 is 0 Å². The number of aliphatic hydroxyl groups excluding tert-OH is 1. The highest BCUT2D eigenvalue weighted by atomic mass is 31.2. The van der Waals surface area contributed by atoms with Crippen molar-refractivity contribution in [3.8, 4) is 0 Å². The molecule has 0 saturated carbocycles. The first-order valence-electron chi connectivity index (χ1n) is 35.2. The SMILES string of the molecule is CC/C=C\C/C=C\C/C=C\C/C=C\C/C=C\C/C=C\C/C=C\C/C=C\CCCCCCCCC(=O)NC(COP(=O)([O-])OCC[N+](C)(C)C)C(O)/C=C/CCCCCCCCCCCCCCCCCCCCCCCCCCCCCCC. The molecule has 0 aliphatic rings. The van der Waals surface area contributed by atoms with Gasteiger partial charge in [-0.2, -0.15) is 0 Å². The van der Waals surface area contributed by atoms with Crippen molar-refractivity contribution in [3.63, 3.8) is 0 Å². The fraction of sp³-hybridized carbons (Fsp3) is 0.747. The van der Waals surface area contributed by atoms with Crippen LogP contribution >= 0.6 is 7.82 Å². The molecule has 0 heterocycles. The lowest BCUT2D eigenvalue weighted by Gasteiger charge is -2.29. The van der Waals surface area contributed by atoms with Gasteiger partial charge in [-0.15, -0.1) is 0 Å². The van der Waals surface area contributed by atoms with Crippen molar-refractivity contribution < 1.29 is 32.9 Å². The van der Waals surface area contributed by atoms with Crippen LogP contribution in [0.3, 0.4) is 0 Å². The van der Waals surface area contributed by atoms with Gasteiger partial charge in [0.15, 0.2) is 0 Å². The zero-order valence-electron chi connectivity index (χ0n) is 55.6. The van der Waals surface area contributed by atoms with Gasteiger partial charge in [0.1, 0.15) is 13.2 Å². The van der Waals surface area contributed by atoms with E-state index >= 15 is 0 Å². The van der Waals surface area contributed by atoms with Crippen molar-refractivity contribution in [2.45, 2.75) is 321 Å². The minimum Gasteiger partial charge on any atom is -0.756 e. The van der Waals surface area contributed by atoms with Gasteiger partial charge in [0.25, 0.3) is 7.82 Å². The Kier molecular flexibility index (Phi) is 62.4. The summed E-state index contributed by atoms with van der Waals surface area (Å²) >= 11 is 0. The molecule has 0 spiro atoms. The third-order valence-corrected chi connectivity index (χ3v) is 16.5. The Bertz CT molecular complexity index is 1740. The summed E-state index contributed by atoms with van der Waals surface area (Å²) in [6, 6.07) is -0.905. The fourth-order valence-corrected chi connectivity index (χ4v) is 10.8. The van der Waals surface area contributed by atoms with Crippen molar-refractivity contribution in [3.05, 3.63) is 109 Å². The fourth-order valence-electron chi connectivity index (χ4n) is 10.1. The zero-order valence-corrected chi connectivity index (χ0v) is 56.5. The molecule has 0 fully saturated rings. The molecule has 0 radical (unpaired) electrons. The highest BCUT2D eigenvalue weighted by Gasteiger charge is 2.23. The molecule has 0 aliphatic heterocycles. The Morgan fingerprint density at radius 1 is 0.429 bits per heavy atom. The van der Waals surface area contributed by atoms with Crippen molar-refractivity contribution in [2.75, 3.05) is 40.9 Å². The molecule has 0 aromatic carbocycles. The highest BCUT2D eigenvalue weighted by Crippen LogP contribution is 2.38. The number of nitrogens with zero attached hydrogens (tertiary/aromatic N) is 1. The van der Waals surface area contributed by atoms with E-state index in [1.807, 2.05) is 27.2 Å². The van der Waals surface area contributed by atoms with E-state index in [1.165, 1.54) is 180 Å². The summed E-state index contributed by atoms with van der Waals surface area (Å²) in [5.41, 5.74) is 0. The topological polar surface area (TPSA) is 108 Å². The molecule has 9 heteroatoms. The smallest absolute Gasteiger partial charge is 0.268 e. The number of carbonyl (C=O) groups excluding carboxylic acids is 1. The van der Waals surface area contributed by atoms with Crippen LogP contribution in [0.5, 0.6) is 0 Å². The number of carbonyl (C=O) groups is 1. The number of hydrogen-bond acceptors (Lipinski definition) is 6. The van der Waals surface area contributed by atoms with Gasteiger partial charge in [-0.05, 0) is 83.5 Å².